The standard InChI is InChI=1S/C28H44N4O5S/c1-4-5-6-7-22(35)30-26-31-24-18(14-23(36)32-12-9-17(10-13-32)25(29)37)27(2)11-8-21(34)28(3,16-33)20(27)15-19(24)38-26/h17-18,20-21,33-34H,4-16H2,1-3H3,(H2,29,37)(H,30,31,35). The number of aliphatic hydroxyl groups is 2. The number of nitrogens with one attached hydrogen (secondary N) is 1. The van der Waals surface area contributed by atoms with E-state index in [1.165, 1.54) is 11.3 Å². The average Bonchev–Trinajstić information content (AvgIpc) is 3.29. The van der Waals surface area contributed by atoms with E-state index in [0.29, 0.717) is 50.3 Å². The molecule has 5 unspecified atom stereocenters. The molecule has 1 aromatic heterocycles. The number of hydrogen-bond donors (Lipinski definition) is 4. The van der Waals surface area contributed by atoms with Crippen LogP contribution in [0, 0.1) is 22.7 Å². The van der Waals surface area contributed by atoms with E-state index in [1.54, 1.807) is 0 Å². The summed E-state index contributed by atoms with van der Waals surface area (Å²) in [6.45, 7) is 7.12. The third-order valence-corrected chi connectivity index (χ3v) is 10.8. The van der Waals surface area contributed by atoms with Crippen molar-refractivity contribution in [1.29, 1.82) is 0 Å². The Balaban J connectivity index is 1.61. The molecule has 1 aliphatic heterocycles. The van der Waals surface area contributed by atoms with Crippen molar-refractivity contribution in [2.75, 3.05) is 25.0 Å². The fraction of sp³-hybridized carbons (Fsp3) is 0.786. The van der Waals surface area contributed by atoms with Crippen LogP contribution in [0.25, 0.3) is 0 Å². The zero-order valence-corrected chi connectivity index (χ0v) is 23.8. The fourth-order valence-corrected chi connectivity index (χ4v) is 8.22. The number of hydrogen-bond acceptors (Lipinski definition) is 7. The van der Waals surface area contributed by atoms with Crippen LogP contribution in [-0.2, 0) is 20.8 Å². The molecule has 4 rings (SSSR count). The van der Waals surface area contributed by atoms with E-state index in [9.17, 15) is 24.6 Å². The van der Waals surface area contributed by atoms with E-state index in [-0.39, 0.29) is 53.9 Å². The van der Waals surface area contributed by atoms with Crippen molar-refractivity contribution in [3.63, 3.8) is 0 Å². The van der Waals surface area contributed by atoms with Crippen LogP contribution in [0.2, 0.25) is 0 Å². The van der Waals surface area contributed by atoms with E-state index < -0.39 is 11.5 Å². The van der Waals surface area contributed by atoms with Gasteiger partial charge in [-0.25, -0.2) is 4.98 Å². The molecule has 3 amide bonds. The van der Waals surface area contributed by atoms with Gasteiger partial charge in [-0.15, -0.1) is 11.3 Å². The maximum atomic E-state index is 13.6. The van der Waals surface area contributed by atoms with Gasteiger partial charge in [0.1, 0.15) is 0 Å². The topological polar surface area (TPSA) is 146 Å². The van der Waals surface area contributed by atoms with Crippen molar-refractivity contribution in [3.8, 4) is 0 Å². The molecule has 2 heterocycles. The van der Waals surface area contributed by atoms with Crippen molar-refractivity contribution in [2.24, 2.45) is 28.4 Å². The largest absolute Gasteiger partial charge is 0.396 e. The van der Waals surface area contributed by atoms with Gasteiger partial charge in [0, 0.05) is 48.1 Å². The smallest absolute Gasteiger partial charge is 0.226 e. The van der Waals surface area contributed by atoms with Crippen molar-refractivity contribution in [3.05, 3.63) is 10.6 Å². The minimum Gasteiger partial charge on any atom is -0.396 e. The summed E-state index contributed by atoms with van der Waals surface area (Å²) < 4.78 is 0. The highest BCUT2D eigenvalue weighted by Gasteiger charge is 2.59. The van der Waals surface area contributed by atoms with Crippen LogP contribution in [0.1, 0.15) is 95.0 Å². The third kappa shape index (κ3) is 5.49. The average molecular weight is 549 g/mol. The van der Waals surface area contributed by atoms with Gasteiger partial charge in [-0.2, -0.15) is 0 Å². The molecule has 9 nitrogen and oxygen atoms in total. The number of fused-ring (bicyclic) bond motifs is 2. The summed E-state index contributed by atoms with van der Waals surface area (Å²) in [7, 11) is 0. The molecule has 38 heavy (non-hydrogen) atoms. The van der Waals surface area contributed by atoms with Crippen molar-refractivity contribution < 1.29 is 24.6 Å². The predicted molar refractivity (Wildman–Crippen MR) is 146 cm³/mol. The first-order valence-electron chi connectivity index (χ1n) is 14.2. The monoisotopic (exact) mass is 548 g/mol. The maximum Gasteiger partial charge on any atom is 0.226 e. The molecule has 5 N–H and O–H groups in total. The molecular formula is C28H44N4O5S. The first kappa shape index (κ1) is 29.0. The van der Waals surface area contributed by atoms with Crippen molar-refractivity contribution in [1.82, 2.24) is 9.88 Å². The maximum absolute atomic E-state index is 13.6. The number of nitrogens with zero attached hydrogens (tertiary/aromatic N) is 2. The predicted octanol–water partition coefficient (Wildman–Crippen LogP) is 3.19. The van der Waals surface area contributed by atoms with Gasteiger partial charge in [0.15, 0.2) is 5.13 Å². The molecule has 10 heteroatoms. The van der Waals surface area contributed by atoms with Crippen LogP contribution in [0.4, 0.5) is 5.13 Å². The second kappa shape index (κ2) is 11.6. The Morgan fingerprint density at radius 2 is 1.89 bits per heavy atom. The molecule has 1 aromatic rings. The van der Waals surface area contributed by atoms with Crippen LogP contribution < -0.4 is 11.1 Å². The number of aliphatic hydroxyl groups excluding tert-OH is 2. The molecular weight excluding hydrogens is 504 g/mol. The van der Waals surface area contributed by atoms with Crippen molar-refractivity contribution >= 4 is 34.2 Å². The molecule has 1 saturated carbocycles. The minimum absolute atomic E-state index is 0.0284. The molecule has 2 aliphatic carbocycles. The molecule has 0 bridgehead atoms. The van der Waals surface area contributed by atoms with Gasteiger partial charge in [-0.05, 0) is 49.9 Å². The Hall–Kier alpha value is -2.04. The van der Waals surface area contributed by atoms with Crippen LogP contribution >= 0.6 is 11.3 Å². The lowest BCUT2D eigenvalue weighted by Gasteiger charge is -2.58. The normalized spacial score (nSPS) is 31.4. The summed E-state index contributed by atoms with van der Waals surface area (Å²) in [5.41, 5.74) is 5.31. The van der Waals surface area contributed by atoms with Crippen LogP contribution in [0.5, 0.6) is 0 Å². The summed E-state index contributed by atoms with van der Waals surface area (Å²) in [4.78, 5) is 45.5. The zero-order chi connectivity index (χ0) is 27.7. The van der Waals surface area contributed by atoms with Gasteiger partial charge >= 0.3 is 0 Å². The molecule has 0 spiro atoms. The number of carbonyl (C=O) groups is 3. The lowest BCUT2D eigenvalue weighted by atomic mass is 9.47. The highest BCUT2D eigenvalue weighted by Crippen LogP contribution is 2.63. The zero-order valence-electron chi connectivity index (χ0n) is 23.0. The summed E-state index contributed by atoms with van der Waals surface area (Å²) in [6, 6.07) is 0. The van der Waals surface area contributed by atoms with Gasteiger partial charge < -0.3 is 26.2 Å². The van der Waals surface area contributed by atoms with E-state index in [4.69, 9.17) is 10.7 Å². The lowest BCUT2D eigenvalue weighted by molar-refractivity contribution is -0.148. The van der Waals surface area contributed by atoms with Gasteiger partial charge in [0.25, 0.3) is 0 Å². The van der Waals surface area contributed by atoms with E-state index in [0.717, 1.165) is 36.3 Å². The minimum atomic E-state index is -0.695. The van der Waals surface area contributed by atoms with Gasteiger partial charge in [-0.1, -0.05) is 33.6 Å². The van der Waals surface area contributed by atoms with Gasteiger partial charge in [-0.3, -0.25) is 14.4 Å². The first-order valence-corrected chi connectivity index (χ1v) is 15.0. The first-order chi connectivity index (χ1) is 18.0. The number of primary amides is 1. The Kier molecular flexibility index (Phi) is 8.84. The van der Waals surface area contributed by atoms with Crippen LogP contribution in [0.3, 0.4) is 0 Å². The summed E-state index contributed by atoms with van der Waals surface area (Å²) in [5.74, 6) is -0.745. The van der Waals surface area contributed by atoms with Crippen LogP contribution in [0.15, 0.2) is 0 Å². The number of rotatable bonds is 9. The molecule has 0 aromatic carbocycles. The SMILES string of the molecule is CCCCCC(=O)Nc1nc2c(s1)CC1C(C)(CO)C(O)CCC1(C)C2CC(=O)N1CCC(C(N)=O)CC1. The van der Waals surface area contributed by atoms with E-state index in [2.05, 4.69) is 19.2 Å². The quantitative estimate of drug-likeness (QED) is 0.349. The number of carbonyl (C=O) groups excluding carboxylic acids is 3. The van der Waals surface area contributed by atoms with E-state index >= 15 is 0 Å². The Morgan fingerprint density at radius 1 is 1.18 bits per heavy atom. The van der Waals surface area contributed by atoms with Gasteiger partial charge in [0.2, 0.25) is 17.7 Å². The summed E-state index contributed by atoms with van der Waals surface area (Å²) in [5, 5.41) is 24.9. The molecule has 0 radical (unpaired) electrons. The Morgan fingerprint density at radius 3 is 2.53 bits per heavy atom. The lowest BCUT2D eigenvalue weighted by Crippen LogP contribution is -2.58. The number of unbranched alkanes of at least 4 members (excludes halogenated alkanes) is 2. The second-order valence-corrected chi connectivity index (χ2v) is 13.2. The molecule has 5 atom stereocenters. The number of likely N-dealkylation sites (tertiary alicyclic amines) is 1. The summed E-state index contributed by atoms with van der Waals surface area (Å²) >= 11 is 1.46. The Labute approximate surface area is 229 Å². The molecule has 212 valence electrons. The highest BCUT2D eigenvalue weighted by molar-refractivity contribution is 7.15. The molecule has 1 saturated heterocycles. The summed E-state index contributed by atoms with van der Waals surface area (Å²) in [6.07, 6.45) is 6.08. The molecule has 2 fully saturated rings. The van der Waals surface area contributed by atoms with Crippen molar-refractivity contribution in [2.45, 2.75) is 97.0 Å². The second-order valence-electron chi connectivity index (χ2n) is 12.1. The van der Waals surface area contributed by atoms with E-state index in [1.807, 2.05) is 11.8 Å². The number of amides is 3. The Bertz CT molecular complexity index is 1040. The number of nitrogens with two attached hydrogens (primary N) is 1. The molecule has 3 aliphatic rings. The number of aromatic nitrogens is 1. The fourth-order valence-electron chi connectivity index (χ4n) is 7.13. The van der Waals surface area contributed by atoms with Gasteiger partial charge in [0.05, 0.1) is 18.4 Å². The number of thiazole rings is 1. The number of piperidine rings is 1. The number of anilines is 1. The van der Waals surface area contributed by atoms with Crippen LogP contribution in [-0.4, -0.2) is 63.6 Å². The third-order valence-electron chi connectivity index (χ3n) is 9.78. The highest BCUT2D eigenvalue weighted by atomic mass is 32.1.